The highest BCUT2D eigenvalue weighted by Gasteiger charge is 2.44. The Morgan fingerprint density at radius 1 is 1.44 bits per heavy atom. The average molecular weight is 348 g/mol. The van der Waals surface area contributed by atoms with E-state index in [2.05, 4.69) is 38.4 Å². The van der Waals surface area contributed by atoms with Crippen LogP contribution in [0.1, 0.15) is 6.42 Å². The van der Waals surface area contributed by atoms with Gasteiger partial charge >= 0.3 is 0 Å². The molecule has 1 aromatic rings. The third kappa shape index (κ3) is 2.87. The van der Waals surface area contributed by atoms with Crippen molar-refractivity contribution in [3.63, 3.8) is 0 Å². The molecule has 0 amide bonds. The molecule has 0 bridgehead atoms. The van der Waals surface area contributed by atoms with E-state index in [-0.39, 0.29) is 5.60 Å². The van der Waals surface area contributed by atoms with E-state index in [0.29, 0.717) is 6.61 Å². The lowest BCUT2D eigenvalue weighted by Gasteiger charge is -2.12. The van der Waals surface area contributed by atoms with Crippen LogP contribution in [0.5, 0.6) is 5.75 Å². The molecule has 0 spiro atoms. The molecule has 16 heavy (non-hydrogen) atoms. The summed E-state index contributed by atoms with van der Waals surface area (Å²) in [4.78, 5) is 0. The van der Waals surface area contributed by atoms with Gasteiger partial charge in [0.2, 0.25) is 0 Å². The molecule has 1 unspecified atom stereocenters. The van der Waals surface area contributed by atoms with Gasteiger partial charge < -0.3 is 9.47 Å². The van der Waals surface area contributed by atoms with Crippen molar-refractivity contribution in [3.05, 3.63) is 39.8 Å². The first-order chi connectivity index (χ1) is 7.65. The fourth-order valence-corrected chi connectivity index (χ4v) is 2.01. The van der Waals surface area contributed by atoms with Crippen molar-refractivity contribution in [1.29, 1.82) is 0 Å². The Balaban J connectivity index is 1.94. The summed E-state index contributed by atoms with van der Waals surface area (Å²) in [6.07, 6.45) is 2.71. The third-order valence-corrected chi connectivity index (χ3v) is 4.34. The number of halogens is 2. The van der Waals surface area contributed by atoms with Gasteiger partial charge in [-0.2, -0.15) is 0 Å². The smallest absolute Gasteiger partial charge is 0.129 e. The topological polar surface area (TPSA) is 21.8 Å². The maximum Gasteiger partial charge on any atom is 0.129 e. The van der Waals surface area contributed by atoms with E-state index in [1.165, 1.54) is 0 Å². The SMILES string of the molecule is C=CCC1(COc2ccc(Br)c(Br)c2)CO1. The summed E-state index contributed by atoms with van der Waals surface area (Å²) in [5.41, 5.74) is -0.124. The molecule has 0 radical (unpaired) electrons. The molecule has 4 heteroatoms. The van der Waals surface area contributed by atoms with Gasteiger partial charge in [0.15, 0.2) is 0 Å². The Bertz CT molecular complexity index is 400. The Morgan fingerprint density at radius 2 is 2.19 bits per heavy atom. The lowest BCUT2D eigenvalue weighted by atomic mass is 10.1. The van der Waals surface area contributed by atoms with Crippen molar-refractivity contribution in [3.8, 4) is 5.75 Å². The van der Waals surface area contributed by atoms with Gasteiger partial charge in [0.1, 0.15) is 18.0 Å². The van der Waals surface area contributed by atoms with Crippen molar-refractivity contribution in [2.45, 2.75) is 12.0 Å². The molecule has 1 aliphatic rings. The minimum absolute atomic E-state index is 0.124. The zero-order valence-electron chi connectivity index (χ0n) is 8.71. The second kappa shape index (κ2) is 4.90. The van der Waals surface area contributed by atoms with E-state index in [0.717, 1.165) is 27.7 Å². The monoisotopic (exact) mass is 346 g/mol. The predicted molar refractivity (Wildman–Crippen MR) is 70.8 cm³/mol. The van der Waals surface area contributed by atoms with Crippen LogP contribution in [0.25, 0.3) is 0 Å². The van der Waals surface area contributed by atoms with Gasteiger partial charge in [-0.1, -0.05) is 6.08 Å². The van der Waals surface area contributed by atoms with Crippen LogP contribution in [0.2, 0.25) is 0 Å². The fourth-order valence-electron chi connectivity index (χ4n) is 1.41. The van der Waals surface area contributed by atoms with Gasteiger partial charge in [-0.15, -0.1) is 6.58 Å². The van der Waals surface area contributed by atoms with Crippen molar-refractivity contribution in [2.75, 3.05) is 13.2 Å². The van der Waals surface area contributed by atoms with Crippen LogP contribution in [0.15, 0.2) is 39.8 Å². The summed E-state index contributed by atoms with van der Waals surface area (Å²) < 4.78 is 13.1. The first-order valence-electron chi connectivity index (χ1n) is 4.98. The number of benzene rings is 1. The van der Waals surface area contributed by atoms with Gasteiger partial charge in [-0.3, -0.25) is 0 Å². The maximum atomic E-state index is 5.70. The molecule has 0 N–H and O–H groups in total. The largest absolute Gasteiger partial charge is 0.490 e. The van der Waals surface area contributed by atoms with Crippen molar-refractivity contribution in [2.24, 2.45) is 0 Å². The highest BCUT2D eigenvalue weighted by Crippen LogP contribution is 2.33. The third-order valence-electron chi connectivity index (χ3n) is 2.46. The van der Waals surface area contributed by atoms with E-state index in [1.54, 1.807) is 0 Å². The Kier molecular flexibility index (Phi) is 3.72. The molecule has 1 fully saturated rings. The number of epoxide rings is 1. The molecule has 1 aromatic carbocycles. The summed E-state index contributed by atoms with van der Waals surface area (Å²) in [6, 6.07) is 5.82. The maximum absolute atomic E-state index is 5.70. The minimum atomic E-state index is -0.124. The van der Waals surface area contributed by atoms with Crippen molar-refractivity contribution in [1.82, 2.24) is 0 Å². The molecule has 0 saturated carbocycles. The lowest BCUT2D eigenvalue weighted by molar-refractivity contribution is 0.190. The fraction of sp³-hybridized carbons (Fsp3) is 0.333. The van der Waals surface area contributed by atoms with Crippen LogP contribution in [-0.2, 0) is 4.74 Å². The molecule has 1 heterocycles. The van der Waals surface area contributed by atoms with Gasteiger partial charge in [0.05, 0.1) is 6.61 Å². The van der Waals surface area contributed by atoms with Crippen LogP contribution in [0.3, 0.4) is 0 Å². The normalized spacial score (nSPS) is 22.9. The molecular weight excluding hydrogens is 336 g/mol. The van der Waals surface area contributed by atoms with E-state index < -0.39 is 0 Å². The second-order valence-electron chi connectivity index (χ2n) is 3.83. The summed E-state index contributed by atoms with van der Waals surface area (Å²) in [6.45, 7) is 5.05. The number of ether oxygens (including phenoxy) is 2. The first-order valence-corrected chi connectivity index (χ1v) is 6.56. The van der Waals surface area contributed by atoms with Crippen LogP contribution in [-0.4, -0.2) is 18.8 Å². The Labute approximate surface area is 112 Å². The van der Waals surface area contributed by atoms with Crippen LogP contribution < -0.4 is 4.74 Å². The van der Waals surface area contributed by atoms with Crippen molar-refractivity contribution >= 4 is 31.9 Å². The molecule has 0 aliphatic carbocycles. The predicted octanol–water partition coefficient (Wildman–Crippen LogP) is 3.94. The van der Waals surface area contributed by atoms with Crippen LogP contribution >= 0.6 is 31.9 Å². The Hall–Kier alpha value is -0.320. The van der Waals surface area contributed by atoms with Crippen LogP contribution in [0, 0.1) is 0 Å². The van der Waals surface area contributed by atoms with Gasteiger partial charge in [-0.05, 0) is 56.5 Å². The van der Waals surface area contributed by atoms with Crippen LogP contribution in [0.4, 0.5) is 0 Å². The molecule has 1 saturated heterocycles. The Morgan fingerprint density at radius 3 is 2.75 bits per heavy atom. The molecule has 1 aliphatic heterocycles. The zero-order valence-corrected chi connectivity index (χ0v) is 11.9. The van der Waals surface area contributed by atoms with E-state index in [1.807, 2.05) is 24.3 Å². The quantitative estimate of drug-likeness (QED) is 0.594. The van der Waals surface area contributed by atoms with Gasteiger partial charge in [-0.25, -0.2) is 0 Å². The highest BCUT2D eigenvalue weighted by atomic mass is 79.9. The summed E-state index contributed by atoms with van der Waals surface area (Å²) in [5.74, 6) is 0.842. The first kappa shape index (κ1) is 12.1. The molecule has 0 aromatic heterocycles. The van der Waals surface area contributed by atoms with E-state index in [4.69, 9.17) is 9.47 Å². The molecule has 2 nitrogen and oxygen atoms in total. The standard InChI is InChI=1S/C12H12Br2O2/c1-2-5-12(8-16-12)7-15-9-3-4-10(13)11(14)6-9/h2-4,6H,1,5,7-8H2. The van der Waals surface area contributed by atoms with Crippen molar-refractivity contribution < 1.29 is 9.47 Å². The summed E-state index contributed by atoms with van der Waals surface area (Å²) >= 11 is 6.86. The second-order valence-corrected chi connectivity index (χ2v) is 5.54. The molecular formula is C12H12Br2O2. The highest BCUT2D eigenvalue weighted by molar-refractivity contribution is 9.13. The number of hydrogen-bond acceptors (Lipinski definition) is 2. The zero-order chi connectivity index (χ0) is 11.6. The van der Waals surface area contributed by atoms with E-state index >= 15 is 0 Å². The number of rotatable bonds is 5. The lowest BCUT2D eigenvalue weighted by Crippen LogP contribution is -2.20. The molecule has 2 rings (SSSR count). The van der Waals surface area contributed by atoms with Gasteiger partial charge in [0, 0.05) is 8.95 Å². The molecule has 86 valence electrons. The summed E-state index contributed by atoms with van der Waals surface area (Å²) in [5, 5.41) is 0. The molecule has 1 atom stereocenters. The minimum Gasteiger partial charge on any atom is -0.490 e. The number of hydrogen-bond donors (Lipinski definition) is 0. The van der Waals surface area contributed by atoms with Gasteiger partial charge in [0.25, 0.3) is 0 Å². The van der Waals surface area contributed by atoms with E-state index in [9.17, 15) is 0 Å². The average Bonchev–Trinajstić information content (AvgIpc) is 3.01. The summed E-state index contributed by atoms with van der Waals surface area (Å²) in [7, 11) is 0.